The van der Waals surface area contributed by atoms with E-state index in [0.29, 0.717) is 6.54 Å². The predicted molar refractivity (Wildman–Crippen MR) is 68.4 cm³/mol. The number of nitrogens with zero attached hydrogens (tertiary/aromatic N) is 1. The number of benzene rings is 1. The van der Waals surface area contributed by atoms with Crippen LogP contribution in [0.1, 0.15) is 10.4 Å². The molecule has 2 rings (SSSR count). The molecular formula is C12H16BrNO2. The van der Waals surface area contributed by atoms with Crippen LogP contribution in [0.5, 0.6) is 0 Å². The largest absolute Gasteiger partial charge is 0.379 e. The second-order valence-corrected chi connectivity index (χ2v) is 3.68. The minimum Gasteiger partial charge on any atom is -0.379 e. The van der Waals surface area contributed by atoms with Crippen molar-refractivity contribution in [1.29, 1.82) is 0 Å². The van der Waals surface area contributed by atoms with Gasteiger partial charge in [0.25, 0.3) is 0 Å². The molecule has 1 saturated heterocycles. The lowest BCUT2D eigenvalue weighted by atomic mass is 10.1. The van der Waals surface area contributed by atoms with Crippen molar-refractivity contribution in [3.05, 3.63) is 35.9 Å². The van der Waals surface area contributed by atoms with Crippen LogP contribution in [0.2, 0.25) is 0 Å². The molecule has 0 spiro atoms. The third kappa shape index (κ3) is 3.70. The van der Waals surface area contributed by atoms with Crippen molar-refractivity contribution in [2.75, 3.05) is 32.8 Å². The number of ether oxygens (including phenoxy) is 1. The van der Waals surface area contributed by atoms with Gasteiger partial charge in [0.2, 0.25) is 0 Å². The van der Waals surface area contributed by atoms with Crippen LogP contribution in [-0.2, 0) is 4.74 Å². The van der Waals surface area contributed by atoms with E-state index in [2.05, 4.69) is 4.90 Å². The molecule has 1 aromatic carbocycles. The van der Waals surface area contributed by atoms with Crippen molar-refractivity contribution < 1.29 is 9.53 Å². The molecule has 88 valence electrons. The minimum absolute atomic E-state index is 0. The fourth-order valence-corrected chi connectivity index (χ4v) is 1.68. The Morgan fingerprint density at radius 2 is 1.81 bits per heavy atom. The van der Waals surface area contributed by atoms with Crippen molar-refractivity contribution in [2.45, 2.75) is 0 Å². The second kappa shape index (κ2) is 6.78. The summed E-state index contributed by atoms with van der Waals surface area (Å²) < 4.78 is 5.23. The first-order valence-corrected chi connectivity index (χ1v) is 5.24. The Hall–Kier alpha value is -0.710. The Morgan fingerprint density at radius 1 is 1.19 bits per heavy atom. The van der Waals surface area contributed by atoms with Gasteiger partial charge in [0.15, 0.2) is 5.78 Å². The second-order valence-electron chi connectivity index (χ2n) is 3.68. The Balaban J connectivity index is 0.00000128. The lowest BCUT2D eigenvalue weighted by molar-refractivity contribution is 0.0371. The summed E-state index contributed by atoms with van der Waals surface area (Å²) >= 11 is 0. The Kier molecular flexibility index (Phi) is 5.66. The molecule has 0 N–H and O–H groups in total. The third-order valence-corrected chi connectivity index (χ3v) is 2.57. The van der Waals surface area contributed by atoms with Crippen LogP contribution < -0.4 is 0 Å². The van der Waals surface area contributed by atoms with Gasteiger partial charge in [-0.1, -0.05) is 30.3 Å². The Labute approximate surface area is 106 Å². The average Bonchev–Trinajstić information content (AvgIpc) is 2.31. The topological polar surface area (TPSA) is 29.5 Å². The van der Waals surface area contributed by atoms with E-state index >= 15 is 0 Å². The molecule has 0 atom stereocenters. The van der Waals surface area contributed by atoms with Crippen molar-refractivity contribution >= 4 is 22.8 Å². The van der Waals surface area contributed by atoms with E-state index in [1.165, 1.54) is 0 Å². The van der Waals surface area contributed by atoms with Gasteiger partial charge >= 0.3 is 0 Å². The highest BCUT2D eigenvalue weighted by Crippen LogP contribution is 2.03. The van der Waals surface area contributed by atoms with Crippen molar-refractivity contribution in [2.24, 2.45) is 0 Å². The van der Waals surface area contributed by atoms with Gasteiger partial charge in [0.05, 0.1) is 19.8 Å². The highest BCUT2D eigenvalue weighted by atomic mass is 79.9. The van der Waals surface area contributed by atoms with Gasteiger partial charge in [-0.15, -0.1) is 17.0 Å². The first kappa shape index (κ1) is 13.4. The normalized spacial score (nSPS) is 16.5. The molecule has 1 aromatic rings. The molecule has 0 unspecified atom stereocenters. The van der Waals surface area contributed by atoms with Gasteiger partial charge in [0, 0.05) is 18.7 Å². The van der Waals surface area contributed by atoms with E-state index in [1.807, 2.05) is 30.3 Å². The molecule has 0 amide bonds. The molecule has 1 fully saturated rings. The molecular weight excluding hydrogens is 270 g/mol. The summed E-state index contributed by atoms with van der Waals surface area (Å²) in [7, 11) is 0. The lowest BCUT2D eigenvalue weighted by Crippen LogP contribution is -2.39. The van der Waals surface area contributed by atoms with Gasteiger partial charge in [0.1, 0.15) is 0 Å². The number of carbonyl (C=O) groups excluding carboxylic acids is 1. The van der Waals surface area contributed by atoms with Gasteiger partial charge in [-0.2, -0.15) is 0 Å². The molecule has 3 nitrogen and oxygen atoms in total. The fourth-order valence-electron chi connectivity index (χ4n) is 1.68. The maximum absolute atomic E-state index is 11.8. The lowest BCUT2D eigenvalue weighted by Gasteiger charge is -2.25. The van der Waals surface area contributed by atoms with Crippen LogP contribution in [0.15, 0.2) is 30.3 Å². The van der Waals surface area contributed by atoms with Crippen LogP contribution in [0.25, 0.3) is 0 Å². The zero-order chi connectivity index (χ0) is 10.5. The van der Waals surface area contributed by atoms with E-state index in [9.17, 15) is 4.79 Å². The highest BCUT2D eigenvalue weighted by Gasteiger charge is 2.14. The summed E-state index contributed by atoms with van der Waals surface area (Å²) in [6.45, 7) is 3.70. The molecule has 0 aromatic heterocycles. The van der Waals surface area contributed by atoms with Gasteiger partial charge in [-0.05, 0) is 0 Å². The van der Waals surface area contributed by atoms with Crippen LogP contribution in [-0.4, -0.2) is 43.5 Å². The monoisotopic (exact) mass is 285 g/mol. The number of hydrogen-bond acceptors (Lipinski definition) is 3. The standard InChI is InChI=1S/C12H15NO2.BrH/c14-12(11-4-2-1-3-5-11)10-13-6-8-15-9-7-13;/h1-5H,6-10H2;1H. The highest BCUT2D eigenvalue weighted by molar-refractivity contribution is 8.93. The predicted octanol–water partition coefficient (Wildman–Crippen LogP) is 1.78. The molecule has 0 aliphatic carbocycles. The molecule has 0 bridgehead atoms. The number of rotatable bonds is 3. The van der Waals surface area contributed by atoms with E-state index < -0.39 is 0 Å². The van der Waals surface area contributed by atoms with Crippen molar-refractivity contribution in [1.82, 2.24) is 4.90 Å². The minimum atomic E-state index is 0. The summed E-state index contributed by atoms with van der Waals surface area (Å²) in [6, 6.07) is 9.44. The molecule has 1 aliphatic heterocycles. The van der Waals surface area contributed by atoms with Gasteiger partial charge in [-0.3, -0.25) is 9.69 Å². The fraction of sp³-hybridized carbons (Fsp3) is 0.417. The van der Waals surface area contributed by atoms with Crippen LogP contribution in [0, 0.1) is 0 Å². The first-order chi connectivity index (χ1) is 7.36. The molecule has 16 heavy (non-hydrogen) atoms. The molecule has 0 saturated carbocycles. The number of hydrogen-bond donors (Lipinski definition) is 0. The summed E-state index contributed by atoms with van der Waals surface area (Å²) in [6.07, 6.45) is 0. The third-order valence-electron chi connectivity index (χ3n) is 2.57. The Morgan fingerprint density at radius 3 is 2.44 bits per heavy atom. The number of halogens is 1. The maximum atomic E-state index is 11.8. The zero-order valence-corrected chi connectivity index (χ0v) is 10.8. The SMILES string of the molecule is Br.O=C(CN1CCOCC1)c1ccccc1. The number of morpholine rings is 1. The molecule has 1 heterocycles. The summed E-state index contributed by atoms with van der Waals surface area (Å²) in [4.78, 5) is 14.0. The number of ketones is 1. The number of Topliss-reactive ketones (excluding diaryl/α,β-unsaturated/α-hetero) is 1. The van der Waals surface area contributed by atoms with E-state index in [-0.39, 0.29) is 22.8 Å². The van der Waals surface area contributed by atoms with Crippen LogP contribution in [0.4, 0.5) is 0 Å². The Bertz CT molecular complexity index is 323. The summed E-state index contributed by atoms with van der Waals surface area (Å²) in [5.41, 5.74) is 0.795. The van der Waals surface area contributed by atoms with Gasteiger partial charge in [-0.25, -0.2) is 0 Å². The number of carbonyl (C=O) groups is 1. The molecule has 1 aliphatic rings. The molecule has 4 heteroatoms. The van der Waals surface area contributed by atoms with Crippen LogP contribution >= 0.6 is 17.0 Å². The van der Waals surface area contributed by atoms with Crippen LogP contribution in [0.3, 0.4) is 0 Å². The summed E-state index contributed by atoms with van der Waals surface area (Å²) in [5, 5.41) is 0. The van der Waals surface area contributed by atoms with Crippen molar-refractivity contribution in [3.63, 3.8) is 0 Å². The smallest absolute Gasteiger partial charge is 0.176 e. The van der Waals surface area contributed by atoms with E-state index in [4.69, 9.17) is 4.74 Å². The van der Waals surface area contributed by atoms with E-state index in [0.717, 1.165) is 31.9 Å². The first-order valence-electron chi connectivity index (χ1n) is 5.24. The average molecular weight is 286 g/mol. The zero-order valence-electron chi connectivity index (χ0n) is 9.09. The summed E-state index contributed by atoms with van der Waals surface area (Å²) in [5.74, 6) is 0.192. The van der Waals surface area contributed by atoms with E-state index in [1.54, 1.807) is 0 Å². The molecule has 0 radical (unpaired) electrons. The van der Waals surface area contributed by atoms with Crippen molar-refractivity contribution in [3.8, 4) is 0 Å². The quantitative estimate of drug-likeness (QED) is 0.793. The van der Waals surface area contributed by atoms with Gasteiger partial charge < -0.3 is 4.74 Å². The maximum Gasteiger partial charge on any atom is 0.176 e.